The van der Waals surface area contributed by atoms with Gasteiger partial charge in [0.25, 0.3) is 0 Å². The SMILES string of the molecule is CCCc1cc(CN[C@H]2CCSC2)on1. The Labute approximate surface area is 95.0 Å². The molecule has 1 aromatic heterocycles. The highest BCUT2D eigenvalue weighted by Crippen LogP contribution is 2.17. The summed E-state index contributed by atoms with van der Waals surface area (Å²) in [5.41, 5.74) is 1.08. The monoisotopic (exact) mass is 226 g/mol. The van der Waals surface area contributed by atoms with Crippen molar-refractivity contribution in [2.24, 2.45) is 0 Å². The summed E-state index contributed by atoms with van der Waals surface area (Å²) >= 11 is 2.02. The number of aromatic nitrogens is 1. The van der Waals surface area contributed by atoms with Crippen LogP contribution in [0.4, 0.5) is 0 Å². The summed E-state index contributed by atoms with van der Waals surface area (Å²) in [5.74, 6) is 3.49. The molecule has 3 nitrogen and oxygen atoms in total. The van der Waals surface area contributed by atoms with Gasteiger partial charge >= 0.3 is 0 Å². The van der Waals surface area contributed by atoms with Crippen LogP contribution >= 0.6 is 11.8 Å². The van der Waals surface area contributed by atoms with E-state index in [0.29, 0.717) is 6.04 Å². The molecule has 1 saturated heterocycles. The van der Waals surface area contributed by atoms with Gasteiger partial charge in [-0.15, -0.1) is 0 Å². The molecule has 2 rings (SSSR count). The molecule has 0 saturated carbocycles. The summed E-state index contributed by atoms with van der Waals surface area (Å²) in [5, 5.41) is 7.53. The van der Waals surface area contributed by atoms with Gasteiger partial charge in [0.2, 0.25) is 0 Å². The van der Waals surface area contributed by atoms with Crippen molar-refractivity contribution in [1.82, 2.24) is 10.5 Å². The fourth-order valence-corrected chi connectivity index (χ4v) is 2.94. The van der Waals surface area contributed by atoms with E-state index in [9.17, 15) is 0 Å². The molecule has 1 fully saturated rings. The van der Waals surface area contributed by atoms with Crippen LogP contribution in [0.15, 0.2) is 10.6 Å². The second-order valence-corrected chi connectivity index (χ2v) is 5.13. The molecular weight excluding hydrogens is 208 g/mol. The summed E-state index contributed by atoms with van der Waals surface area (Å²) in [6.07, 6.45) is 3.42. The third-order valence-corrected chi connectivity index (χ3v) is 3.77. The number of aryl methyl sites for hydroxylation is 1. The lowest BCUT2D eigenvalue weighted by molar-refractivity contribution is 0.361. The van der Waals surface area contributed by atoms with Crippen LogP contribution in [0.25, 0.3) is 0 Å². The highest BCUT2D eigenvalue weighted by molar-refractivity contribution is 7.99. The summed E-state index contributed by atoms with van der Waals surface area (Å²) in [6.45, 7) is 2.98. The molecule has 0 amide bonds. The van der Waals surface area contributed by atoms with E-state index in [4.69, 9.17) is 4.52 Å². The maximum atomic E-state index is 5.26. The van der Waals surface area contributed by atoms with Gasteiger partial charge in [-0.3, -0.25) is 0 Å². The minimum Gasteiger partial charge on any atom is -0.360 e. The van der Waals surface area contributed by atoms with Crippen LogP contribution in [0.5, 0.6) is 0 Å². The predicted octanol–water partition coefficient (Wildman–Crippen LogP) is 2.22. The van der Waals surface area contributed by atoms with Gasteiger partial charge < -0.3 is 9.84 Å². The molecule has 4 heteroatoms. The number of nitrogens with zero attached hydrogens (tertiary/aromatic N) is 1. The molecule has 0 spiro atoms. The smallest absolute Gasteiger partial charge is 0.150 e. The van der Waals surface area contributed by atoms with Gasteiger partial charge in [-0.05, 0) is 18.6 Å². The van der Waals surface area contributed by atoms with Gasteiger partial charge in [0.1, 0.15) is 0 Å². The van der Waals surface area contributed by atoms with E-state index in [1.165, 1.54) is 17.9 Å². The van der Waals surface area contributed by atoms with Crippen LogP contribution in [-0.2, 0) is 13.0 Å². The molecule has 1 aromatic rings. The fourth-order valence-electron chi connectivity index (χ4n) is 1.75. The molecule has 84 valence electrons. The predicted molar refractivity (Wildman–Crippen MR) is 63.1 cm³/mol. The van der Waals surface area contributed by atoms with Gasteiger partial charge in [0.15, 0.2) is 5.76 Å². The zero-order valence-electron chi connectivity index (χ0n) is 9.16. The quantitative estimate of drug-likeness (QED) is 0.835. The molecule has 0 unspecified atom stereocenters. The topological polar surface area (TPSA) is 38.1 Å². The fraction of sp³-hybridized carbons (Fsp3) is 0.727. The lowest BCUT2D eigenvalue weighted by Gasteiger charge is -2.08. The number of rotatable bonds is 5. The van der Waals surface area contributed by atoms with Crippen LogP contribution in [0.2, 0.25) is 0 Å². The van der Waals surface area contributed by atoms with Gasteiger partial charge in [0, 0.05) is 17.9 Å². The van der Waals surface area contributed by atoms with E-state index in [0.717, 1.165) is 30.8 Å². The van der Waals surface area contributed by atoms with Crippen molar-refractivity contribution in [3.63, 3.8) is 0 Å². The Bertz CT molecular complexity index is 295. The largest absolute Gasteiger partial charge is 0.360 e. The first-order valence-electron chi connectivity index (χ1n) is 5.64. The number of hydrogen-bond donors (Lipinski definition) is 1. The van der Waals surface area contributed by atoms with E-state index >= 15 is 0 Å². The Kier molecular flexibility index (Phi) is 4.09. The van der Waals surface area contributed by atoms with Gasteiger partial charge in [-0.25, -0.2) is 0 Å². The molecule has 15 heavy (non-hydrogen) atoms. The standard InChI is InChI=1S/C11H18N2OS/c1-2-3-9-6-11(14-13-9)7-12-10-4-5-15-8-10/h6,10,12H,2-5,7-8H2,1H3/t10-/m0/s1. The number of thioether (sulfide) groups is 1. The third-order valence-electron chi connectivity index (χ3n) is 2.61. The van der Waals surface area contributed by atoms with Crippen LogP contribution < -0.4 is 5.32 Å². The van der Waals surface area contributed by atoms with Gasteiger partial charge in [-0.1, -0.05) is 18.5 Å². The van der Waals surface area contributed by atoms with Crippen molar-refractivity contribution in [2.45, 2.75) is 38.8 Å². The normalized spacial score (nSPS) is 21.0. The molecule has 1 N–H and O–H groups in total. The number of hydrogen-bond acceptors (Lipinski definition) is 4. The summed E-state index contributed by atoms with van der Waals surface area (Å²) < 4.78 is 5.26. The Morgan fingerprint density at radius 1 is 1.67 bits per heavy atom. The highest BCUT2D eigenvalue weighted by Gasteiger charge is 2.15. The molecule has 0 aliphatic carbocycles. The average molecular weight is 226 g/mol. The lowest BCUT2D eigenvalue weighted by Crippen LogP contribution is -2.27. The van der Waals surface area contributed by atoms with Crippen molar-refractivity contribution >= 4 is 11.8 Å². The van der Waals surface area contributed by atoms with Crippen molar-refractivity contribution in [3.8, 4) is 0 Å². The minimum absolute atomic E-state index is 0.662. The van der Waals surface area contributed by atoms with E-state index in [-0.39, 0.29) is 0 Å². The maximum Gasteiger partial charge on any atom is 0.150 e. The van der Waals surface area contributed by atoms with Crippen LogP contribution in [0, 0.1) is 0 Å². The Hall–Kier alpha value is -0.480. The van der Waals surface area contributed by atoms with Crippen LogP contribution in [0.1, 0.15) is 31.2 Å². The zero-order valence-corrected chi connectivity index (χ0v) is 9.98. The Balaban J connectivity index is 1.77. The van der Waals surface area contributed by atoms with Crippen LogP contribution in [-0.4, -0.2) is 22.7 Å². The lowest BCUT2D eigenvalue weighted by atomic mass is 10.2. The van der Waals surface area contributed by atoms with E-state index in [1.807, 2.05) is 11.8 Å². The maximum absolute atomic E-state index is 5.26. The second kappa shape index (κ2) is 5.56. The molecule has 0 bridgehead atoms. The minimum atomic E-state index is 0.662. The van der Waals surface area contributed by atoms with E-state index in [1.54, 1.807) is 0 Å². The van der Waals surface area contributed by atoms with Crippen molar-refractivity contribution in [1.29, 1.82) is 0 Å². The first kappa shape index (κ1) is 11.0. The van der Waals surface area contributed by atoms with Crippen molar-refractivity contribution in [3.05, 3.63) is 17.5 Å². The summed E-state index contributed by atoms with van der Waals surface area (Å²) in [6, 6.07) is 2.73. The Morgan fingerprint density at radius 3 is 3.33 bits per heavy atom. The molecule has 0 aromatic carbocycles. The zero-order chi connectivity index (χ0) is 10.5. The van der Waals surface area contributed by atoms with Crippen molar-refractivity contribution in [2.75, 3.05) is 11.5 Å². The molecule has 1 atom stereocenters. The van der Waals surface area contributed by atoms with Gasteiger partial charge in [-0.2, -0.15) is 11.8 Å². The van der Waals surface area contributed by atoms with Gasteiger partial charge in [0.05, 0.1) is 12.2 Å². The average Bonchev–Trinajstić information content (AvgIpc) is 2.85. The molecule has 1 aliphatic heterocycles. The highest BCUT2D eigenvalue weighted by atomic mass is 32.2. The molecule has 1 aliphatic rings. The van der Waals surface area contributed by atoms with Crippen LogP contribution in [0.3, 0.4) is 0 Å². The first-order chi connectivity index (χ1) is 7.38. The third kappa shape index (κ3) is 3.24. The molecular formula is C11H18N2OS. The van der Waals surface area contributed by atoms with Crippen molar-refractivity contribution < 1.29 is 4.52 Å². The summed E-state index contributed by atoms with van der Waals surface area (Å²) in [4.78, 5) is 0. The second-order valence-electron chi connectivity index (χ2n) is 3.98. The summed E-state index contributed by atoms with van der Waals surface area (Å²) in [7, 11) is 0. The molecule has 2 heterocycles. The first-order valence-corrected chi connectivity index (χ1v) is 6.79. The van der Waals surface area contributed by atoms with E-state index < -0.39 is 0 Å². The number of nitrogens with one attached hydrogen (secondary N) is 1. The Morgan fingerprint density at radius 2 is 2.60 bits per heavy atom. The van der Waals surface area contributed by atoms with E-state index in [2.05, 4.69) is 23.5 Å². The molecule has 0 radical (unpaired) electrons.